The molecular weight excluding hydrogens is 352 g/mol. The first kappa shape index (κ1) is 17.1. The van der Waals surface area contributed by atoms with Crippen LogP contribution in [0.3, 0.4) is 0 Å². The third-order valence-electron chi connectivity index (χ3n) is 3.18. The molecule has 2 aromatic carbocycles. The van der Waals surface area contributed by atoms with E-state index in [9.17, 15) is 18.4 Å². The highest BCUT2D eigenvalue weighted by Gasteiger charge is 2.16. The molecule has 0 bridgehead atoms. The molecule has 0 unspecified atom stereocenters. The van der Waals surface area contributed by atoms with Crippen molar-refractivity contribution in [2.45, 2.75) is 5.22 Å². The fourth-order valence-corrected chi connectivity index (χ4v) is 2.65. The van der Waals surface area contributed by atoms with E-state index >= 15 is 0 Å². The quantitative estimate of drug-likeness (QED) is 0.378. The van der Waals surface area contributed by atoms with Crippen LogP contribution in [-0.2, 0) is 9.53 Å². The van der Waals surface area contributed by atoms with Gasteiger partial charge in [0.2, 0.25) is 5.78 Å². The predicted molar refractivity (Wildman–Crippen MR) is 86.4 cm³/mol. The molecule has 3 rings (SSSR count). The monoisotopic (exact) mass is 363 g/mol. The van der Waals surface area contributed by atoms with E-state index in [2.05, 4.69) is 4.98 Å². The van der Waals surface area contributed by atoms with E-state index in [4.69, 9.17) is 9.15 Å². The number of ether oxygens (including phenoxy) is 1. The van der Waals surface area contributed by atoms with Crippen molar-refractivity contribution in [2.75, 3.05) is 12.4 Å². The van der Waals surface area contributed by atoms with Crippen LogP contribution in [-0.4, -0.2) is 29.1 Å². The molecule has 0 atom stereocenters. The zero-order chi connectivity index (χ0) is 17.8. The summed E-state index contributed by atoms with van der Waals surface area (Å²) in [5.41, 5.74) is 0.796. The Morgan fingerprint density at radius 2 is 1.96 bits per heavy atom. The molecule has 25 heavy (non-hydrogen) atoms. The van der Waals surface area contributed by atoms with E-state index in [-0.39, 0.29) is 5.75 Å². The number of nitrogens with zero attached hydrogens (tertiary/aromatic N) is 1. The van der Waals surface area contributed by atoms with Crippen molar-refractivity contribution in [2.24, 2.45) is 0 Å². The van der Waals surface area contributed by atoms with Crippen LogP contribution in [0.15, 0.2) is 52.1 Å². The lowest BCUT2D eigenvalue weighted by Crippen LogP contribution is -2.16. The van der Waals surface area contributed by atoms with Gasteiger partial charge in [0.1, 0.15) is 22.9 Å². The number of halogens is 2. The lowest BCUT2D eigenvalue weighted by Gasteiger charge is -2.04. The highest BCUT2D eigenvalue weighted by atomic mass is 32.2. The lowest BCUT2D eigenvalue weighted by atomic mass is 10.1. The molecule has 0 N–H and O–H groups in total. The number of thioether (sulfide) groups is 1. The summed E-state index contributed by atoms with van der Waals surface area (Å²) in [5.74, 6) is -3.27. The van der Waals surface area contributed by atoms with Gasteiger partial charge in [-0.2, -0.15) is 0 Å². The van der Waals surface area contributed by atoms with Crippen molar-refractivity contribution >= 4 is 34.6 Å². The smallest absolute Gasteiger partial charge is 0.316 e. The van der Waals surface area contributed by atoms with Crippen molar-refractivity contribution in [3.05, 3.63) is 59.7 Å². The Balaban J connectivity index is 1.52. The first-order valence-corrected chi connectivity index (χ1v) is 8.14. The summed E-state index contributed by atoms with van der Waals surface area (Å²) in [6, 6.07) is 9.63. The number of carbonyl (C=O) groups excluding carboxylic acids is 2. The number of benzene rings is 2. The van der Waals surface area contributed by atoms with E-state index in [1.54, 1.807) is 18.2 Å². The fraction of sp³-hybridized carbons (Fsp3) is 0.118. The van der Waals surface area contributed by atoms with Crippen LogP contribution < -0.4 is 0 Å². The number of para-hydroxylation sites is 2. The summed E-state index contributed by atoms with van der Waals surface area (Å²) in [6.07, 6.45) is 0. The number of fused-ring (bicyclic) bond motifs is 1. The number of ketones is 1. The second-order valence-corrected chi connectivity index (χ2v) is 5.87. The second-order valence-electron chi connectivity index (χ2n) is 4.94. The molecule has 0 aliphatic carbocycles. The number of hydrogen-bond acceptors (Lipinski definition) is 6. The average Bonchev–Trinajstić information content (AvgIpc) is 3.03. The number of Topliss-reactive ketones (excluding diaryl/α,β-unsaturated/α-hetero) is 1. The third kappa shape index (κ3) is 4.21. The topological polar surface area (TPSA) is 69.4 Å². The average molecular weight is 363 g/mol. The first-order chi connectivity index (χ1) is 12.0. The molecule has 0 radical (unpaired) electrons. The van der Waals surface area contributed by atoms with Crippen LogP contribution in [0.25, 0.3) is 11.1 Å². The Morgan fingerprint density at radius 1 is 1.16 bits per heavy atom. The molecule has 128 valence electrons. The minimum absolute atomic E-state index is 0.133. The van der Waals surface area contributed by atoms with E-state index in [1.807, 2.05) is 6.07 Å². The van der Waals surface area contributed by atoms with Gasteiger partial charge in [0, 0.05) is 0 Å². The fourth-order valence-electron chi connectivity index (χ4n) is 2.01. The Morgan fingerprint density at radius 3 is 2.76 bits per heavy atom. The van der Waals surface area contributed by atoms with E-state index < -0.39 is 35.6 Å². The second kappa shape index (κ2) is 7.43. The highest BCUT2D eigenvalue weighted by molar-refractivity contribution is 7.99. The maximum atomic E-state index is 13.5. The molecule has 0 fully saturated rings. The van der Waals surface area contributed by atoms with Crippen molar-refractivity contribution in [3.63, 3.8) is 0 Å². The van der Waals surface area contributed by atoms with Crippen LogP contribution in [0.4, 0.5) is 8.78 Å². The van der Waals surface area contributed by atoms with Crippen LogP contribution in [0.1, 0.15) is 10.4 Å². The van der Waals surface area contributed by atoms with Gasteiger partial charge >= 0.3 is 5.97 Å². The predicted octanol–water partition coefficient (Wildman–Crippen LogP) is 3.62. The molecular formula is C17H11F2NO4S. The minimum Gasteiger partial charge on any atom is -0.457 e. The van der Waals surface area contributed by atoms with Crippen molar-refractivity contribution in [3.8, 4) is 0 Å². The summed E-state index contributed by atoms with van der Waals surface area (Å²) in [6.45, 7) is -0.673. The molecule has 0 aliphatic rings. The molecule has 0 saturated carbocycles. The van der Waals surface area contributed by atoms with Gasteiger partial charge in [-0.15, -0.1) is 0 Å². The van der Waals surface area contributed by atoms with Gasteiger partial charge < -0.3 is 9.15 Å². The highest BCUT2D eigenvalue weighted by Crippen LogP contribution is 2.23. The van der Waals surface area contributed by atoms with Crippen LogP contribution in [0, 0.1) is 11.6 Å². The molecule has 3 aromatic rings. The number of rotatable bonds is 6. The zero-order valence-corrected chi connectivity index (χ0v) is 13.5. The molecule has 0 saturated heterocycles. The van der Waals surface area contributed by atoms with E-state index in [1.165, 1.54) is 0 Å². The van der Waals surface area contributed by atoms with Crippen molar-refractivity contribution < 1.29 is 27.5 Å². The number of hydrogen-bond donors (Lipinski definition) is 0. The molecule has 0 aliphatic heterocycles. The Kier molecular flexibility index (Phi) is 5.08. The number of aromatic nitrogens is 1. The minimum atomic E-state index is -0.872. The van der Waals surface area contributed by atoms with Gasteiger partial charge in [-0.05, 0) is 30.3 Å². The van der Waals surface area contributed by atoms with Gasteiger partial charge in [0.15, 0.2) is 12.2 Å². The first-order valence-electron chi connectivity index (χ1n) is 7.15. The van der Waals surface area contributed by atoms with E-state index in [0.29, 0.717) is 16.3 Å². The van der Waals surface area contributed by atoms with Crippen molar-refractivity contribution in [1.82, 2.24) is 4.98 Å². The standard InChI is InChI=1S/C17H11F2NO4S/c18-10-5-6-12(19)11(7-10)14(21)8-23-16(22)9-25-17-20-13-3-1-2-4-15(13)24-17/h1-7H,8-9H2. The SMILES string of the molecule is O=C(CSc1nc2ccccc2o1)OCC(=O)c1cc(F)ccc1F. The zero-order valence-electron chi connectivity index (χ0n) is 12.7. The van der Waals surface area contributed by atoms with Crippen molar-refractivity contribution in [1.29, 1.82) is 0 Å². The Hall–Kier alpha value is -2.74. The summed E-state index contributed by atoms with van der Waals surface area (Å²) in [5, 5.41) is 0.292. The third-order valence-corrected chi connectivity index (χ3v) is 3.98. The Labute approximate surface area is 145 Å². The number of esters is 1. The largest absolute Gasteiger partial charge is 0.457 e. The van der Waals surface area contributed by atoms with Crippen LogP contribution in [0.5, 0.6) is 0 Å². The van der Waals surface area contributed by atoms with Gasteiger partial charge in [0.25, 0.3) is 5.22 Å². The van der Waals surface area contributed by atoms with E-state index in [0.717, 1.165) is 30.0 Å². The molecule has 1 aromatic heterocycles. The van der Waals surface area contributed by atoms with Gasteiger partial charge in [-0.3, -0.25) is 9.59 Å². The molecule has 0 amide bonds. The molecule has 5 nitrogen and oxygen atoms in total. The summed E-state index contributed by atoms with van der Waals surface area (Å²) < 4.78 is 36.7. The number of oxazole rings is 1. The molecule has 8 heteroatoms. The van der Waals surface area contributed by atoms with Gasteiger partial charge in [-0.1, -0.05) is 23.9 Å². The van der Waals surface area contributed by atoms with Gasteiger partial charge in [-0.25, -0.2) is 13.8 Å². The Bertz CT molecular complexity index is 908. The molecule has 1 heterocycles. The summed E-state index contributed by atoms with van der Waals surface area (Å²) in [7, 11) is 0. The number of carbonyl (C=O) groups is 2. The normalized spacial score (nSPS) is 10.8. The van der Waals surface area contributed by atoms with Crippen LogP contribution >= 0.6 is 11.8 Å². The molecule has 0 spiro atoms. The summed E-state index contributed by atoms with van der Waals surface area (Å²) in [4.78, 5) is 27.7. The van der Waals surface area contributed by atoms with Gasteiger partial charge in [0.05, 0.1) is 5.56 Å². The van der Waals surface area contributed by atoms with Crippen LogP contribution in [0.2, 0.25) is 0 Å². The maximum absolute atomic E-state index is 13.5. The summed E-state index contributed by atoms with van der Waals surface area (Å²) >= 11 is 1.01. The lowest BCUT2D eigenvalue weighted by molar-refractivity contribution is -0.139. The maximum Gasteiger partial charge on any atom is 0.316 e.